The second kappa shape index (κ2) is 8.25. The van der Waals surface area contributed by atoms with E-state index in [0.29, 0.717) is 25.8 Å². The molecule has 3 heterocycles. The van der Waals surface area contributed by atoms with Gasteiger partial charge in [-0.3, -0.25) is 9.58 Å². The second-order valence-corrected chi connectivity index (χ2v) is 7.68. The van der Waals surface area contributed by atoms with Crippen LogP contribution in [0.2, 0.25) is 0 Å². The molecule has 0 aromatic carbocycles. The molecule has 0 bridgehead atoms. The van der Waals surface area contributed by atoms with Gasteiger partial charge in [-0.25, -0.2) is 0 Å². The Morgan fingerprint density at radius 2 is 2.33 bits per heavy atom. The number of aryl methyl sites for hydroxylation is 2. The number of aliphatic hydroxyl groups excluding tert-OH is 1. The Morgan fingerprint density at radius 1 is 1.46 bits per heavy atom. The Labute approximate surface area is 147 Å². The van der Waals surface area contributed by atoms with E-state index in [-0.39, 0.29) is 0 Å². The van der Waals surface area contributed by atoms with Crippen LogP contribution >= 0.6 is 11.3 Å². The van der Waals surface area contributed by atoms with Gasteiger partial charge in [-0.2, -0.15) is 5.10 Å². The quantitative estimate of drug-likeness (QED) is 0.796. The van der Waals surface area contributed by atoms with Crippen LogP contribution < -0.4 is 0 Å². The molecule has 1 aliphatic heterocycles. The number of hydrogen-bond acceptors (Lipinski definition) is 5. The lowest BCUT2D eigenvalue weighted by Gasteiger charge is -2.27. The minimum Gasteiger partial charge on any atom is -0.389 e. The third kappa shape index (κ3) is 4.66. The number of β-amino-alcohol motifs (C(OH)–C–C–N with tert-alkyl or cyclic N) is 1. The van der Waals surface area contributed by atoms with Crippen molar-refractivity contribution in [3.05, 3.63) is 39.8 Å². The first-order valence-electron chi connectivity index (χ1n) is 8.65. The SMILES string of the molecule is Cc1cc(C)n(C[C@H]2CCCN2C[C@@H](O)COCc2cccs2)n1. The molecular weight excluding hydrogens is 322 g/mol. The van der Waals surface area contributed by atoms with Gasteiger partial charge in [0.05, 0.1) is 31.6 Å². The fraction of sp³-hybridized carbons (Fsp3) is 0.611. The fourth-order valence-corrected chi connectivity index (χ4v) is 4.06. The van der Waals surface area contributed by atoms with Gasteiger partial charge in [0.25, 0.3) is 0 Å². The average Bonchev–Trinajstić information content (AvgIpc) is 3.24. The summed E-state index contributed by atoms with van der Waals surface area (Å²) in [4.78, 5) is 3.58. The van der Waals surface area contributed by atoms with Gasteiger partial charge in [-0.1, -0.05) is 6.07 Å². The zero-order chi connectivity index (χ0) is 16.9. The molecule has 0 radical (unpaired) electrons. The number of aliphatic hydroxyl groups is 1. The van der Waals surface area contributed by atoms with E-state index in [4.69, 9.17) is 4.74 Å². The van der Waals surface area contributed by atoms with Gasteiger partial charge in [0, 0.05) is 23.2 Å². The van der Waals surface area contributed by atoms with E-state index < -0.39 is 6.10 Å². The minimum absolute atomic E-state index is 0.390. The molecule has 1 N–H and O–H groups in total. The van der Waals surface area contributed by atoms with E-state index in [2.05, 4.69) is 33.7 Å². The number of hydrogen-bond donors (Lipinski definition) is 1. The first-order valence-corrected chi connectivity index (χ1v) is 9.53. The molecule has 0 aliphatic carbocycles. The van der Waals surface area contributed by atoms with Gasteiger partial charge in [-0.15, -0.1) is 11.3 Å². The Bertz CT molecular complexity index is 626. The topological polar surface area (TPSA) is 50.5 Å². The van der Waals surface area contributed by atoms with Crippen molar-refractivity contribution in [1.82, 2.24) is 14.7 Å². The highest BCUT2D eigenvalue weighted by Gasteiger charge is 2.27. The van der Waals surface area contributed by atoms with Crippen LogP contribution in [0.4, 0.5) is 0 Å². The normalized spacial score (nSPS) is 19.9. The summed E-state index contributed by atoms with van der Waals surface area (Å²) in [6.07, 6.45) is 1.92. The highest BCUT2D eigenvalue weighted by Crippen LogP contribution is 2.20. The maximum absolute atomic E-state index is 10.3. The van der Waals surface area contributed by atoms with Crippen LogP contribution in [0.25, 0.3) is 0 Å². The largest absolute Gasteiger partial charge is 0.389 e. The van der Waals surface area contributed by atoms with E-state index in [9.17, 15) is 5.11 Å². The van der Waals surface area contributed by atoms with Crippen LogP contribution in [0.15, 0.2) is 23.6 Å². The monoisotopic (exact) mass is 349 g/mol. The minimum atomic E-state index is -0.439. The van der Waals surface area contributed by atoms with E-state index >= 15 is 0 Å². The summed E-state index contributed by atoms with van der Waals surface area (Å²) >= 11 is 1.69. The maximum Gasteiger partial charge on any atom is 0.0900 e. The highest BCUT2D eigenvalue weighted by molar-refractivity contribution is 7.09. The third-order valence-electron chi connectivity index (χ3n) is 4.57. The van der Waals surface area contributed by atoms with Crippen molar-refractivity contribution in [3.63, 3.8) is 0 Å². The predicted molar refractivity (Wildman–Crippen MR) is 96.3 cm³/mol. The van der Waals surface area contributed by atoms with Crippen molar-refractivity contribution in [2.45, 2.75) is 52.0 Å². The highest BCUT2D eigenvalue weighted by atomic mass is 32.1. The van der Waals surface area contributed by atoms with Crippen molar-refractivity contribution >= 4 is 11.3 Å². The Morgan fingerprint density at radius 3 is 3.04 bits per heavy atom. The molecule has 0 amide bonds. The standard InChI is InChI=1S/C18H27N3O2S/c1-14-9-15(2)21(19-14)10-16-5-3-7-20(16)11-17(22)12-23-13-18-6-4-8-24-18/h4,6,8-9,16-17,22H,3,5,7,10-13H2,1-2H3/t16-,17-/m1/s1. The third-order valence-corrected chi connectivity index (χ3v) is 5.42. The summed E-state index contributed by atoms with van der Waals surface area (Å²) < 4.78 is 7.74. The summed E-state index contributed by atoms with van der Waals surface area (Å²) in [7, 11) is 0. The van der Waals surface area contributed by atoms with Crippen LogP contribution in [0.3, 0.4) is 0 Å². The lowest BCUT2D eigenvalue weighted by Crippen LogP contribution is -2.40. The predicted octanol–water partition coefficient (Wildman–Crippen LogP) is 2.60. The molecule has 6 heteroatoms. The van der Waals surface area contributed by atoms with Crippen LogP contribution in [0.1, 0.15) is 29.1 Å². The first kappa shape index (κ1) is 17.6. The van der Waals surface area contributed by atoms with E-state index in [1.54, 1.807) is 11.3 Å². The Balaban J connectivity index is 1.45. The summed E-state index contributed by atoms with van der Waals surface area (Å²) in [6.45, 7) is 7.74. The van der Waals surface area contributed by atoms with Crippen molar-refractivity contribution in [3.8, 4) is 0 Å². The molecule has 24 heavy (non-hydrogen) atoms. The molecule has 2 aromatic heterocycles. The Kier molecular flexibility index (Phi) is 6.05. The van der Waals surface area contributed by atoms with E-state index in [1.807, 2.05) is 18.4 Å². The molecule has 1 aliphatic rings. The van der Waals surface area contributed by atoms with Crippen molar-refractivity contribution in [2.24, 2.45) is 0 Å². The van der Waals surface area contributed by atoms with Crippen molar-refractivity contribution in [2.75, 3.05) is 19.7 Å². The van der Waals surface area contributed by atoms with Gasteiger partial charge in [0.1, 0.15) is 0 Å². The number of aromatic nitrogens is 2. The molecule has 3 rings (SSSR count). The smallest absolute Gasteiger partial charge is 0.0900 e. The lowest BCUT2D eigenvalue weighted by atomic mass is 10.2. The molecule has 132 valence electrons. The number of likely N-dealkylation sites (tertiary alicyclic amines) is 1. The molecule has 1 fully saturated rings. The number of ether oxygens (including phenoxy) is 1. The molecule has 2 aromatic rings. The molecule has 5 nitrogen and oxygen atoms in total. The van der Waals surface area contributed by atoms with E-state index in [1.165, 1.54) is 23.4 Å². The summed E-state index contributed by atoms with van der Waals surface area (Å²) in [6, 6.07) is 6.65. The zero-order valence-corrected chi connectivity index (χ0v) is 15.3. The van der Waals surface area contributed by atoms with Gasteiger partial charge in [0.2, 0.25) is 0 Å². The van der Waals surface area contributed by atoms with Crippen LogP contribution in [0.5, 0.6) is 0 Å². The van der Waals surface area contributed by atoms with Crippen LogP contribution in [-0.4, -0.2) is 51.6 Å². The second-order valence-electron chi connectivity index (χ2n) is 6.65. The zero-order valence-electron chi connectivity index (χ0n) is 14.5. The van der Waals surface area contributed by atoms with Crippen molar-refractivity contribution < 1.29 is 9.84 Å². The molecule has 0 saturated carbocycles. The number of thiophene rings is 1. The van der Waals surface area contributed by atoms with Gasteiger partial charge < -0.3 is 9.84 Å². The summed E-state index contributed by atoms with van der Waals surface area (Å²) in [5.41, 5.74) is 2.28. The molecule has 0 unspecified atom stereocenters. The van der Waals surface area contributed by atoms with Gasteiger partial charge in [-0.05, 0) is 50.7 Å². The van der Waals surface area contributed by atoms with Crippen LogP contribution in [-0.2, 0) is 17.9 Å². The summed E-state index contributed by atoms with van der Waals surface area (Å²) in [5.74, 6) is 0. The number of rotatable bonds is 8. The van der Waals surface area contributed by atoms with Gasteiger partial charge in [0.15, 0.2) is 0 Å². The average molecular weight is 350 g/mol. The van der Waals surface area contributed by atoms with E-state index in [0.717, 1.165) is 18.8 Å². The molecule has 2 atom stereocenters. The molecule has 0 spiro atoms. The fourth-order valence-electron chi connectivity index (χ4n) is 3.42. The lowest BCUT2D eigenvalue weighted by molar-refractivity contribution is 0.00737. The Hall–Kier alpha value is -1.21. The van der Waals surface area contributed by atoms with Crippen molar-refractivity contribution in [1.29, 1.82) is 0 Å². The summed E-state index contributed by atoms with van der Waals surface area (Å²) in [5, 5.41) is 16.9. The van der Waals surface area contributed by atoms with Crippen LogP contribution in [0, 0.1) is 13.8 Å². The molecular formula is C18H27N3O2S. The first-order chi connectivity index (χ1) is 11.6. The molecule has 1 saturated heterocycles. The maximum atomic E-state index is 10.3. The van der Waals surface area contributed by atoms with Gasteiger partial charge >= 0.3 is 0 Å². The number of nitrogens with zero attached hydrogens (tertiary/aromatic N) is 3.